The number of anilines is 1. The van der Waals surface area contributed by atoms with Crippen LogP contribution in [0.15, 0.2) is 77.2 Å². The number of pyridine rings is 1. The molecule has 0 bridgehead atoms. The van der Waals surface area contributed by atoms with Gasteiger partial charge in [-0.1, -0.05) is 31.2 Å². The fraction of sp³-hybridized carbons (Fsp3) is 0.395. The second kappa shape index (κ2) is 14.7. The van der Waals surface area contributed by atoms with E-state index in [4.69, 9.17) is 10.5 Å². The molecule has 3 aromatic carbocycles. The third-order valence-electron chi connectivity index (χ3n) is 9.64. The number of alkyl halides is 3. The minimum Gasteiger partial charge on any atom is -0.398 e. The molecule has 1 saturated carbocycles. The van der Waals surface area contributed by atoms with Crippen molar-refractivity contribution in [3.8, 4) is 0 Å². The lowest BCUT2D eigenvalue weighted by Gasteiger charge is -2.34. The number of piperazine rings is 1. The molecule has 2 N–H and O–H groups in total. The van der Waals surface area contributed by atoms with Crippen molar-refractivity contribution in [1.29, 1.82) is 0 Å². The summed E-state index contributed by atoms with van der Waals surface area (Å²) in [5, 5.41) is 0.211. The van der Waals surface area contributed by atoms with Crippen LogP contribution in [-0.2, 0) is 22.9 Å². The number of rotatable bonds is 8. The Bertz CT molecular complexity index is 1860. The molecule has 0 radical (unpaired) electrons. The summed E-state index contributed by atoms with van der Waals surface area (Å²) in [6.07, 6.45) is 0.120. The van der Waals surface area contributed by atoms with Gasteiger partial charge in [-0.2, -0.15) is 13.2 Å². The second-order valence-electron chi connectivity index (χ2n) is 12.9. The number of fused-ring (bicyclic) bond motifs is 1. The van der Waals surface area contributed by atoms with Gasteiger partial charge in [0.25, 0.3) is 0 Å². The summed E-state index contributed by atoms with van der Waals surface area (Å²) < 4.78 is 74.4. The number of hydrogen-bond acceptors (Lipinski definition) is 5. The first-order chi connectivity index (χ1) is 23.3. The minimum absolute atomic E-state index is 0.189. The van der Waals surface area contributed by atoms with Crippen molar-refractivity contribution in [2.75, 3.05) is 51.8 Å². The minimum atomic E-state index is -4.43. The smallest absolute Gasteiger partial charge is 0.398 e. The van der Waals surface area contributed by atoms with Gasteiger partial charge in [0, 0.05) is 50.6 Å². The van der Waals surface area contributed by atoms with Crippen molar-refractivity contribution in [3.63, 3.8) is 0 Å². The molecule has 11 heteroatoms. The van der Waals surface area contributed by atoms with Gasteiger partial charge in [-0.15, -0.1) is 0 Å². The number of likely N-dealkylation sites (N-methyl/N-ethyl adjacent to an activating group) is 1. The van der Waals surface area contributed by atoms with E-state index in [1.165, 1.54) is 30.3 Å². The van der Waals surface area contributed by atoms with E-state index in [1.807, 2.05) is 30.4 Å². The molecule has 2 aliphatic rings. The number of aromatic nitrogens is 1. The Labute approximate surface area is 283 Å². The van der Waals surface area contributed by atoms with E-state index < -0.39 is 23.1 Å². The highest BCUT2D eigenvalue weighted by atomic mass is 19.4. The second-order valence-corrected chi connectivity index (χ2v) is 12.9. The maximum Gasteiger partial charge on any atom is 0.416 e. The molecule has 0 atom stereocenters. The Morgan fingerprint density at radius 2 is 1.59 bits per heavy atom. The van der Waals surface area contributed by atoms with Crippen LogP contribution in [0.2, 0.25) is 0 Å². The van der Waals surface area contributed by atoms with Crippen LogP contribution >= 0.6 is 0 Å². The fourth-order valence-electron chi connectivity index (χ4n) is 6.22. The van der Waals surface area contributed by atoms with Gasteiger partial charge in [-0.3, -0.25) is 4.79 Å². The van der Waals surface area contributed by atoms with Crippen molar-refractivity contribution >= 4 is 22.3 Å². The number of nitrogens with two attached hydrogens (primary N) is 1. The van der Waals surface area contributed by atoms with Crippen molar-refractivity contribution in [2.45, 2.75) is 51.2 Å². The zero-order valence-electron chi connectivity index (χ0n) is 28.3. The molecule has 2 fully saturated rings. The molecule has 6 nitrogen and oxygen atoms in total. The molecule has 6 rings (SSSR count). The van der Waals surface area contributed by atoms with Crippen LogP contribution in [0.3, 0.4) is 0 Å². The highest BCUT2D eigenvalue weighted by Crippen LogP contribution is 2.51. The Hall–Kier alpha value is -4.22. The van der Waals surface area contributed by atoms with Crippen molar-refractivity contribution < 1.29 is 26.7 Å². The van der Waals surface area contributed by atoms with Crippen LogP contribution in [0.1, 0.15) is 55.4 Å². The zero-order valence-corrected chi connectivity index (χ0v) is 28.3. The van der Waals surface area contributed by atoms with Crippen LogP contribution in [-0.4, -0.2) is 56.4 Å². The molecule has 1 saturated heterocycles. The molecule has 0 spiro atoms. The quantitative estimate of drug-likeness (QED) is 0.195. The van der Waals surface area contributed by atoms with Crippen LogP contribution in [0, 0.1) is 11.6 Å². The molecular weight excluding hydrogens is 639 g/mol. The van der Waals surface area contributed by atoms with Crippen molar-refractivity contribution in [2.24, 2.45) is 5.73 Å². The van der Waals surface area contributed by atoms with Crippen LogP contribution < -0.4 is 16.1 Å². The number of ether oxygens (including phenoxy) is 1. The summed E-state index contributed by atoms with van der Waals surface area (Å²) in [6, 6.07) is 14.7. The largest absolute Gasteiger partial charge is 0.416 e. The van der Waals surface area contributed by atoms with E-state index in [1.54, 1.807) is 31.5 Å². The maximum absolute atomic E-state index is 15.5. The molecule has 1 aliphatic carbocycles. The first kappa shape index (κ1) is 36.1. The Morgan fingerprint density at radius 1 is 0.959 bits per heavy atom. The summed E-state index contributed by atoms with van der Waals surface area (Å²) in [6.45, 7) is 7.35. The first-order valence-corrected chi connectivity index (χ1v) is 16.5. The normalized spacial score (nSPS) is 16.6. The molecule has 2 heterocycles. The third kappa shape index (κ3) is 7.83. The summed E-state index contributed by atoms with van der Waals surface area (Å²) in [7, 11) is 3.67. The summed E-state index contributed by atoms with van der Waals surface area (Å²) in [5.41, 5.74) is 8.94. The zero-order chi connectivity index (χ0) is 35.5. The van der Waals surface area contributed by atoms with Crippen molar-refractivity contribution in [3.05, 3.63) is 117 Å². The predicted molar refractivity (Wildman–Crippen MR) is 185 cm³/mol. The number of allylic oxidation sites excluding steroid dienone is 1. The lowest BCUT2D eigenvalue weighted by Crippen LogP contribution is -2.44. The van der Waals surface area contributed by atoms with E-state index in [0.29, 0.717) is 61.4 Å². The number of nitrogens with zero attached hydrogens (tertiary/aromatic N) is 3. The van der Waals surface area contributed by atoms with E-state index in [2.05, 4.69) is 4.90 Å². The standard InChI is InChI=1S/C29H32F4N4O.C9H11FO/c1-4-18(2)26(34)22-17-37(28(9-10-28)19-5-7-20(8-6-19)29(31,32)33)24-16-25(23(30)15-21(24)27(22)38)36-13-11-35(3)12-14-36;1-11-7-6-8-2-4-9(10)5-3-8/h5-8,15-17H,4,9-14,34H2,1-3H3;2-5H,6-7H2,1H3. The fourth-order valence-corrected chi connectivity index (χ4v) is 6.22. The molecule has 49 heavy (non-hydrogen) atoms. The molecule has 4 aromatic rings. The lowest BCUT2D eigenvalue weighted by molar-refractivity contribution is -0.137. The average Bonchev–Trinajstić information content (AvgIpc) is 3.90. The van der Waals surface area contributed by atoms with E-state index >= 15 is 4.39 Å². The monoisotopic (exact) mass is 682 g/mol. The maximum atomic E-state index is 15.5. The average molecular weight is 683 g/mol. The van der Waals surface area contributed by atoms with Gasteiger partial charge < -0.3 is 24.8 Å². The summed E-state index contributed by atoms with van der Waals surface area (Å²) in [4.78, 5) is 17.8. The summed E-state index contributed by atoms with van der Waals surface area (Å²) in [5.74, 6) is -0.664. The summed E-state index contributed by atoms with van der Waals surface area (Å²) >= 11 is 0. The van der Waals surface area contributed by atoms with Gasteiger partial charge in [0.2, 0.25) is 0 Å². The molecule has 262 valence electrons. The van der Waals surface area contributed by atoms with Gasteiger partial charge in [0.15, 0.2) is 5.43 Å². The van der Waals surface area contributed by atoms with Gasteiger partial charge in [-0.25, -0.2) is 8.78 Å². The van der Waals surface area contributed by atoms with E-state index in [-0.39, 0.29) is 22.2 Å². The van der Waals surface area contributed by atoms with Gasteiger partial charge >= 0.3 is 6.18 Å². The van der Waals surface area contributed by atoms with E-state index in [9.17, 15) is 22.4 Å². The van der Waals surface area contributed by atoms with Crippen LogP contribution in [0.25, 0.3) is 16.6 Å². The van der Waals surface area contributed by atoms with E-state index in [0.717, 1.165) is 42.8 Å². The Kier molecular flexibility index (Phi) is 10.8. The highest BCUT2D eigenvalue weighted by Gasteiger charge is 2.47. The molecule has 1 aliphatic heterocycles. The topological polar surface area (TPSA) is 63.7 Å². The molecular formula is C38H43F5N4O2. The number of methoxy groups -OCH3 is 1. The van der Waals surface area contributed by atoms with Gasteiger partial charge in [0.05, 0.1) is 34.5 Å². The highest BCUT2D eigenvalue weighted by molar-refractivity contribution is 5.87. The number of halogens is 5. The molecule has 0 unspecified atom stereocenters. The SMILES string of the molecule is CCC(C)=C(N)c1cn(C2(c3ccc(C(F)(F)F)cc3)CC2)c2cc(N3CCN(C)CC3)c(F)cc2c1=O.COCCc1ccc(F)cc1. The lowest BCUT2D eigenvalue weighted by atomic mass is 9.99. The van der Waals surface area contributed by atoms with Crippen LogP contribution in [0.4, 0.5) is 27.6 Å². The number of hydrogen-bond donors (Lipinski definition) is 1. The third-order valence-corrected chi connectivity index (χ3v) is 9.64. The Morgan fingerprint density at radius 3 is 2.14 bits per heavy atom. The van der Waals surface area contributed by atoms with Gasteiger partial charge in [0.1, 0.15) is 11.6 Å². The Balaban J connectivity index is 0.000000363. The van der Waals surface area contributed by atoms with Crippen molar-refractivity contribution in [1.82, 2.24) is 9.47 Å². The first-order valence-electron chi connectivity index (χ1n) is 16.5. The predicted octanol–water partition coefficient (Wildman–Crippen LogP) is 7.56. The molecule has 1 aromatic heterocycles. The molecule has 0 amide bonds. The van der Waals surface area contributed by atoms with Gasteiger partial charge in [-0.05, 0) is 92.8 Å². The van der Waals surface area contributed by atoms with Crippen LogP contribution in [0.5, 0.6) is 0 Å². The number of benzene rings is 3.